The molecule has 3 nitrogen and oxygen atoms in total. The van der Waals surface area contributed by atoms with Gasteiger partial charge in [0.15, 0.2) is 0 Å². The molecule has 5 heteroatoms. The van der Waals surface area contributed by atoms with Crippen molar-refractivity contribution in [1.82, 2.24) is 10.3 Å². The molecule has 1 rings (SSSR count). The van der Waals surface area contributed by atoms with Gasteiger partial charge in [0.05, 0.1) is 18.5 Å². The summed E-state index contributed by atoms with van der Waals surface area (Å²) in [5, 5.41) is 12.7. The van der Waals surface area contributed by atoms with Crippen molar-refractivity contribution in [2.24, 2.45) is 0 Å². The van der Waals surface area contributed by atoms with Crippen LogP contribution in [0.2, 0.25) is 0 Å². The van der Waals surface area contributed by atoms with Gasteiger partial charge in [-0.15, -0.1) is 0 Å². The van der Waals surface area contributed by atoms with Crippen LogP contribution in [0, 0.1) is 5.82 Å². The average molecular weight is 258 g/mol. The summed E-state index contributed by atoms with van der Waals surface area (Å²) < 4.78 is 12.7. The quantitative estimate of drug-likeness (QED) is 0.819. The number of nitrogens with zero attached hydrogens (tertiary/aromatic N) is 1. The highest BCUT2D eigenvalue weighted by Crippen LogP contribution is 2.15. The fourth-order valence-electron chi connectivity index (χ4n) is 1.67. The van der Waals surface area contributed by atoms with Gasteiger partial charge in [0.2, 0.25) is 0 Å². The SMILES string of the molecule is CSC(CO)C(C)NC(C)c1ccc(F)cn1. The Morgan fingerprint density at radius 3 is 2.65 bits per heavy atom. The molecule has 1 aromatic heterocycles. The van der Waals surface area contributed by atoms with E-state index in [0.29, 0.717) is 0 Å². The molecule has 0 aromatic carbocycles. The molecule has 0 fully saturated rings. The molecule has 0 saturated carbocycles. The first-order valence-corrected chi connectivity index (χ1v) is 6.88. The number of hydrogen-bond acceptors (Lipinski definition) is 4. The molecular weight excluding hydrogens is 239 g/mol. The van der Waals surface area contributed by atoms with Gasteiger partial charge in [0.25, 0.3) is 0 Å². The first-order valence-electron chi connectivity index (χ1n) is 5.59. The summed E-state index contributed by atoms with van der Waals surface area (Å²) in [6, 6.07) is 3.28. The Hall–Kier alpha value is -0.650. The predicted molar refractivity (Wildman–Crippen MR) is 69.6 cm³/mol. The molecule has 0 bridgehead atoms. The Bertz CT molecular complexity index is 330. The molecule has 0 aliphatic carbocycles. The zero-order chi connectivity index (χ0) is 12.8. The van der Waals surface area contributed by atoms with E-state index in [2.05, 4.69) is 10.3 Å². The highest BCUT2D eigenvalue weighted by molar-refractivity contribution is 7.99. The minimum Gasteiger partial charge on any atom is -0.395 e. The number of rotatable bonds is 6. The van der Waals surface area contributed by atoms with E-state index in [0.717, 1.165) is 5.69 Å². The van der Waals surface area contributed by atoms with E-state index in [1.165, 1.54) is 12.3 Å². The number of pyridine rings is 1. The predicted octanol–water partition coefficient (Wildman–Crippen LogP) is 1.98. The van der Waals surface area contributed by atoms with Crippen LogP contribution >= 0.6 is 11.8 Å². The third-order valence-corrected chi connectivity index (χ3v) is 3.91. The van der Waals surface area contributed by atoms with Gasteiger partial charge in [-0.05, 0) is 32.2 Å². The lowest BCUT2D eigenvalue weighted by Gasteiger charge is -2.25. The molecule has 17 heavy (non-hydrogen) atoms. The Morgan fingerprint density at radius 1 is 1.47 bits per heavy atom. The molecule has 3 atom stereocenters. The minimum absolute atomic E-state index is 0.0341. The van der Waals surface area contributed by atoms with Gasteiger partial charge in [-0.2, -0.15) is 11.8 Å². The number of halogens is 1. The standard InChI is InChI=1S/C12H19FN2OS/c1-8(11-5-4-10(13)6-14-11)15-9(2)12(7-16)17-3/h4-6,8-9,12,15-16H,7H2,1-3H3. The van der Waals surface area contributed by atoms with Crippen molar-refractivity contribution < 1.29 is 9.50 Å². The molecule has 1 heterocycles. The fraction of sp³-hybridized carbons (Fsp3) is 0.583. The monoisotopic (exact) mass is 258 g/mol. The van der Waals surface area contributed by atoms with Crippen LogP contribution < -0.4 is 5.32 Å². The molecule has 0 amide bonds. The van der Waals surface area contributed by atoms with E-state index < -0.39 is 0 Å². The molecule has 0 saturated heterocycles. The molecule has 0 aliphatic rings. The van der Waals surface area contributed by atoms with Gasteiger partial charge in [-0.3, -0.25) is 4.98 Å². The van der Waals surface area contributed by atoms with Crippen molar-refractivity contribution in [3.8, 4) is 0 Å². The first-order chi connectivity index (χ1) is 8.08. The van der Waals surface area contributed by atoms with Crippen molar-refractivity contribution in [2.75, 3.05) is 12.9 Å². The summed E-state index contributed by atoms with van der Waals surface area (Å²) in [5.74, 6) is -0.327. The van der Waals surface area contributed by atoms with Crippen LogP contribution in [0.25, 0.3) is 0 Å². The van der Waals surface area contributed by atoms with Crippen LogP contribution in [0.15, 0.2) is 18.3 Å². The van der Waals surface area contributed by atoms with Crippen molar-refractivity contribution in [2.45, 2.75) is 31.2 Å². The lowest BCUT2D eigenvalue weighted by atomic mass is 10.1. The Kier molecular flexibility index (Phi) is 5.88. The minimum atomic E-state index is -0.327. The number of aromatic nitrogens is 1. The molecule has 1 aromatic rings. The van der Waals surface area contributed by atoms with Gasteiger partial charge in [-0.1, -0.05) is 0 Å². The van der Waals surface area contributed by atoms with Gasteiger partial charge in [-0.25, -0.2) is 4.39 Å². The third kappa shape index (κ3) is 4.26. The van der Waals surface area contributed by atoms with Crippen LogP contribution in [-0.2, 0) is 0 Å². The molecular formula is C12H19FN2OS. The highest BCUT2D eigenvalue weighted by Gasteiger charge is 2.18. The van der Waals surface area contributed by atoms with Crippen LogP contribution in [0.5, 0.6) is 0 Å². The maximum Gasteiger partial charge on any atom is 0.141 e. The molecule has 96 valence electrons. The second kappa shape index (κ2) is 6.93. The van der Waals surface area contributed by atoms with Gasteiger partial charge < -0.3 is 10.4 Å². The first kappa shape index (κ1) is 14.4. The van der Waals surface area contributed by atoms with Crippen LogP contribution in [0.4, 0.5) is 4.39 Å². The van der Waals surface area contributed by atoms with Crippen molar-refractivity contribution in [3.05, 3.63) is 29.8 Å². The summed E-state index contributed by atoms with van der Waals surface area (Å²) in [7, 11) is 0. The van der Waals surface area contributed by atoms with Gasteiger partial charge >= 0.3 is 0 Å². The van der Waals surface area contributed by atoms with Crippen LogP contribution in [0.1, 0.15) is 25.6 Å². The van der Waals surface area contributed by atoms with E-state index in [9.17, 15) is 9.50 Å². The summed E-state index contributed by atoms with van der Waals surface area (Å²) in [6.45, 7) is 4.14. The summed E-state index contributed by atoms with van der Waals surface area (Å²) in [5.41, 5.74) is 0.802. The second-order valence-electron chi connectivity index (χ2n) is 4.04. The zero-order valence-electron chi connectivity index (χ0n) is 10.4. The lowest BCUT2D eigenvalue weighted by Crippen LogP contribution is -2.39. The number of hydrogen-bond donors (Lipinski definition) is 2. The van der Waals surface area contributed by atoms with E-state index in [1.807, 2.05) is 20.1 Å². The fourth-order valence-corrected chi connectivity index (χ4v) is 2.30. The van der Waals surface area contributed by atoms with E-state index in [-0.39, 0.29) is 29.8 Å². The normalized spacial score (nSPS) is 16.5. The maximum absolute atomic E-state index is 12.7. The summed E-state index contributed by atoms with van der Waals surface area (Å²) in [4.78, 5) is 4.04. The molecule has 0 radical (unpaired) electrons. The van der Waals surface area contributed by atoms with Crippen LogP contribution in [0.3, 0.4) is 0 Å². The number of nitrogens with one attached hydrogen (secondary N) is 1. The van der Waals surface area contributed by atoms with Gasteiger partial charge in [0, 0.05) is 17.3 Å². The van der Waals surface area contributed by atoms with Crippen molar-refractivity contribution >= 4 is 11.8 Å². The Morgan fingerprint density at radius 2 is 2.18 bits per heavy atom. The van der Waals surface area contributed by atoms with Crippen LogP contribution in [-0.4, -0.2) is 34.2 Å². The Balaban J connectivity index is 2.59. The second-order valence-corrected chi connectivity index (χ2v) is 5.11. The summed E-state index contributed by atoms with van der Waals surface area (Å²) in [6.07, 6.45) is 3.19. The van der Waals surface area contributed by atoms with E-state index in [4.69, 9.17) is 0 Å². The van der Waals surface area contributed by atoms with Crippen molar-refractivity contribution in [1.29, 1.82) is 0 Å². The summed E-state index contributed by atoms with van der Waals surface area (Å²) >= 11 is 1.62. The lowest BCUT2D eigenvalue weighted by molar-refractivity contribution is 0.271. The molecule has 3 unspecified atom stereocenters. The van der Waals surface area contributed by atoms with Gasteiger partial charge in [0.1, 0.15) is 5.82 Å². The zero-order valence-corrected chi connectivity index (χ0v) is 11.2. The topological polar surface area (TPSA) is 45.1 Å². The molecule has 2 N–H and O–H groups in total. The van der Waals surface area contributed by atoms with Crippen molar-refractivity contribution in [3.63, 3.8) is 0 Å². The average Bonchev–Trinajstić information content (AvgIpc) is 2.31. The Labute approximate surface area is 106 Å². The molecule has 0 aliphatic heterocycles. The number of thioether (sulfide) groups is 1. The van der Waals surface area contributed by atoms with E-state index >= 15 is 0 Å². The number of aliphatic hydroxyl groups is 1. The third-order valence-electron chi connectivity index (χ3n) is 2.75. The largest absolute Gasteiger partial charge is 0.395 e. The maximum atomic E-state index is 12.7. The molecule has 0 spiro atoms. The highest BCUT2D eigenvalue weighted by atomic mass is 32.2. The number of aliphatic hydroxyl groups excluding tert-OH is 1. The van der Waals surface area contributed by atoms with E-state index in [1.54, 1.807) is 17.8 Å². The smallest absolute Gasteiger partial charge is 0.141 e.